The summed E-state index contributed by atoms with van der Waals surface area (Å²) in [5, 5.41) is 15.6. The van der Waals surface area contributed by atoms with E-state index in [9.17, 15) is 9.59 Å². The number of aryl methyl sites for hydroxylation is 1. The van der Waals surface area contributed by atoms with Crippen molar-refractivity contribution >= 4 is 34.8 Å². The fourth-order valence-electron chi connectivity index (χ4n) is 4.65. The largest absolute Gasteiger partial charge is 0.354 e. The molecular weight excluding hydrogens is 558 g/mol. The van der Waals surface area contributed by atoms with E-state index in [1.54, 1.807) is 48.3 Å². The number of pyridine rings is 1. The molecule has 0 atom stereocenters. The van der Waals surface area contributed by atoms with Gasteiger partial charge in [0, 0.05) is 79.6 Å². The molecule has 1 saturated heterocycles. The lowest BCUT2D eigenvalue weighted by atomic mass is 9.91. The molecule has 1 fully saturated rings. The van der Waals surface area contributed by atoms with Gasteiger partial charge in [-0.15, -0.1) is 0 Å². The van der Waals surface area contributed by atoms with Crippen LogP contribution in [-0.4, -0.2) is 86.7 Å². The third-order valence-corrected chi connectivity index (χ3v) is 7.36. The molecule has 4 N–H and O–H groups in total. The Bertz CT molecular complexity index is 1650. The number of piperazine rings is 1. The van der Waals surface area contributed by atoms with Gasteiger partial charge in [-0.25, -0.2) is 15.0 Å². The van der Waals surface area contributed by atoms with Gasteiger partial charge < -0.3 is 26.3 Å². The number of nitrogens with one attached hydrogen (secondary N) is 4. The Morgan fingerprint density at radius 3 is 2.41 bits per heavy atom. The van der Waals surface area contributed by atoms with Gasteiger partial charge in [0.2, 0.25) is 0 Å². The molecule has 1 aromatic carbocycles. The Morgan fingerprint density at radius 2 is 1.68 bits per heavy atom. The van der Waals surface area contributed by atoms with Crippen molar-refractivity contribution in [1.82, 2.24) is 40.0 Å². The van der Waals surface area contributed by atoms with Crippen LogP contribution in [0.1, 0.15) is 52.9 Å². The van der Waals surface area contributed by atoms with Crippen LogP contribution in [0, 0.1) is 6.92 Å². The van der Waals surface area contributed by atoms with Crippen LogP contribution in [-0.2, 0) is 5.41 Å². The second-order valence-electron chi connectivity index (χ2n) is 11.9. The Balaban J connectivity index is 1.41. The van der Waals surface area contributed by atoms with Gasteiger partial charge in [0.15, 0.2) is 11.5 Å². The Hall–Kier alpha value is -4.88. The first-order chi connectivity index (χ1) is 21.0. The van der Waals surface area contributed by atoms with E-state index in [0.29, 0.717) is 34.4 Å². The second kappa shape index (κ2) is 12.8. The van der Waals surface area contributed by atoms with Crippen LogP contribution in [0.4, 0.5) is 23.0 Å². The van der Waals surface area contributed by atoms with Crippen LogP contribution in [0.5, 0.6) is 0 Å². The molecule has 0 unspecified atom stereocenters. The van der Waals surface area contributed by atoms with Crippen molar-refractivity contribution in [2.75, 3.05) is 56.3 Å². The number of aromatic nitrogens is 5. The Kier molecular flexibility index (Phi) is 8.88. The molecule has 4 heterocycles. The number of hydrazine groups is 1. The van der Waals surface area contributed by atoms with Gasteiger partial charge in [0.25, 0.3) is 11.8 Å². The average molecular weight is 598 g/mol. The smallest absolute Gasteiger partial charge is 0.271 e. The number of carbonyl (C=O) groups excluding carboxylic acids is 2. The zero-order chi connectivity index (χ0) is 31.4. The van der Waals surface area contributed by atoms with E-state index >= 15 is 0 Å². The van der Waals surface area contributed by atoms with Crippen molar-refractivity contribution in [3.63, 3.8) is 0 Å². The molecule has 0 aliphatic carbocycles. The molecule has 44 heavy (non-hydrogen) atoms. The van der Waals surface area contributed by atoms with Gasteiger partial charge in [-0.1, -0.05) is 26.8 Å². The molecule has 1 aliphatic rings. The number of rotatable bonds is 8. The van der Waals surface area contributed by atoms with Crippen LogP contribution < -0.4 is 21.4 Å². The lowest BCUT2D eigenvalue weighted by molar-refractivity contribution is 0.0956. The molecule has 230 valence electrons. The van der Waals surface area contributed by atoms with Crippen LogP contribution >= 0.6 is 0 Å². The SMILES string of the molecule is CNC(=O)c1cc(Nc2cc(C(=O)Nc3ccnc(C(C)(C)C)c3)ccc2C)n(-c2cc(NN3CCN(C)CC3)ncn2)n1. The highest BCUT2D eigenvalue weighted by molar-refractivity contribution is 6.05. The van der Waals surface area contributed by atoms with Crippen LogP contribution in [0.3, 0.4) is 0 Å². The Labute approximate surface area is 257 Å². The van der Waals surface area contributed by atoms with Gasteiger partial charge in [-0.2, -0.15) is 9.78 Å². The van der Waals surface area contributed by atoms with Crippen molar-refractivity contribution in [2.45, 2.75) is 33.1 Å². The highest BCUT2D eigenvalue weighted by Crippen LogP contribution is 2.27. The molecule has 3 aromatic heterocycles. The van der Waals surface area contributed by atoms with Crippen LogP contribution in [0.25, 0.3) is 5.82 Å². The molecular formula is C31H39N11O2. The maximum Gasteiger partial charge on any atom is 0.271 e. The maximum atomic E-state index is 13.3. The average Bonchev–Trinajstić information content (AvgIpc) is 3.42. The molecule has 1 aliphatic heterocycles. The molecule has 13 heteroatoms. The van der Waals surface area contributed by atoms with E-state index in [1.165, 1.54) is 6.33 Å². The number of anilines is 4. The van der Waals surface area contributed by atoms with E-state index in [4.69, 9.17) is 0 Å². The quantitative estimate of drug-likeness (QED) is 0.238. The minimum absolute atomic E-state index is 0.150. The van der Waals surface area contributed by atoms with Gasteiger partial charge in [-0.3, -0.25) is 14.6 Å². The van der Waals surface area contributed by atoms with Crippen molar-refractivity contribution in [1.29, 1.82) is 0 Å². The number of nitrogens with zero attached hydrogens (tertiary/aromatic N) is 7. The second-order valence-corrected chi connectivity index (χ2v) is 11.9. The van der Waals surface area contributed by atoms with Gasteiger partial charge in [0.1, 0.15) is 18.0 Å². The first-order valence-electron chi connectivity index (χ1n) is 14.5. The van der Waals surface area contributed by atoms with Gasteiger partial charge in [0.05, 0.1) is 0 Å². The maximum absolute atomic E-state index is 13.3. The fraction of sp³-hybridized carbons (Fsp3) is 0.355. The normalized spacial score (nSPS) is 14.2. The summed E-state index contributed by atoms with van der Waals surface area (Å²) < 4.78 is 1.55. The number of hydrogen-bond acceptors (Lipinski definition) is 10. The van der Waals surface area contributed by atoms with Crippen molar-refractivity contribution in [3.05, 3.63) is 77.5 Å². The zero-order valence-corrected chi connectivity index (χ0v) is 26.0. The van der Waals surface area contributed by atoms with Crippen LogP contribution in [0.2, 0.25) is 0 Å². The summed E-state index contributed by atoms with van der Waals surface area (Å²) in [5.74, 6) is 0.983. The summed E-state index contributed by atoms with van der Waals surface area (Å²) in [5.41, 5.74) is 7.00. The summed E-state index contributed by atoms with van der Waals surface area (Å²) >= 11 is 0. The Morgan fingerprint density at radius 1 is 0.909 bits per heavy atom. The molecule has 2 amide bonds. The van der Waals surface area contributed by atoms with Crippen molar-refractivity contribution in [2.24, 2.45) is 0 Å². The summed E-state index contributed by atoms with van der Waals surface area (Å²) in [6, 6.07) is 12.5. The molecule has 4 aromatic rings. The predicted octanol–water partition coefficient (Wildman–Crippen LogP) is 3.59. The summed E-state index contributed by atoms with van der Waals surface area (Å²) in [6.07, 6.45) is 3.15. The summed E-state index contributed by atoms with van der Waals surface area (Å²) in [7, 11) is 3.65. The summed E-state index contributed by atoms with van der Waals surface area (Å²) in [4.78, 5) is 41.4. The monoisotopic (exact) mass is 597 g/mol. The third-order valence-electron chi connectivity index (χ3n) is 7.36. The lowest BCUT2D eigenvalue weighted by Gasteiger charge is -2.32. The minimum Gasteiger partial charge on any atom is -0.354 e. The van der Waals surface area contributed by atoms with Gasteiger partial charge >= 0.3 is 0 Å². The number of hydrogen-bond donors (Lipinski definition) is 4. The first kappa shape index (κ1) is 30.6. The molecule has 0 saturated carbocycles. The molecule has 13 nitrogen and oxygen atoms in total. The lowest BCUT2D eigenvalue weighted by Crippen LogP contribution is -2.47. The number of amides is 2. The standard InChI is InChI=1S/C31H39N11O2/c1-20-7-8-21(29(43)36-22-9-10-33-25(16-22)31(2,3)4)15-23(20)37-28-17-24(30(44)32-5)38-42(28)27-18-26(34-19-35-27)39-41-13-11-40(6)12-14-41/h7-10,15-19,37H,11-14H2,1-6H3,(H,32,44)(H,33,36,43)(H,34,35,39). The first-order valence-corrected chi connectivity index (χ1v) is 14.5. The minimum atomic E-state index is -0.339. The topological polar surface area (TPSA) is 145 Å². The van der Waals surface area contributed by atoms with E-state index < -0.39 is 0 Å². The van der Waals surface area contributed by atoms with Crippen LogP contribution in [0.15, 0.2) is 55.0 Å². The van der Waals surface area contributed by atoms with Gasteiger partial charge in [-0.05, 0) is 43.8 Å². The third kappa shape index (κ3) is 7.18. The molecule has 0 spiro atoms. The highest BCUT2D eigenvalue weighted by Gasteiger charge is 2.20. The predicted molar refractivity (Wildman–Crippen MR) is 171 cm³/mol. The number of carbonyl (C=O) groups is 2. The van der Waals surface area contributed by atoms with E-state index in [1.807, 2.05) is 19.1 Å². The highest BCUT2D eigenvalue weighted by atomic mass is 16.2. The summed E-state index contributed by atoms with van der Waals surface area (Å²) in [6.45, 7) is 11.8. The van der Waals surface area contributed by atoms with Crippen molar-refractivity contribution in [3.8, 4) is 5.82 Å². The number of likely N-dealkylation sites (N-methyl/N-ethyl adjacent to an activating group) is 1. The molecule has 5 rings (SSSR count). The molecule has 0 radical (unpaired) electrons. The van der Waals surface area contributed by atoms with E-state index in [-0.39, 0.29) is 22.9 Å². The van der Waals surface area contributed by atoms with E-state index in [2.05, 4.69) is 79.2 Å². The number of benzene rings is 1. The fourth-order valence-corrected chi connectivity index (χ4v) is 4.65. The zero-order valence-electron chi connectivity index (χ0n) is 26.0. The van der Waals surface area contributed by atoms with Crippen molar-refractivity contribution < 1.29 is 9.59 Å². The molecule has 0 bridgehead atoms. The van der Waals surface area contributed by atoms with E-state index in [0.717, 1.165) is 37.4 Å².